The van der Waals surface area contributed by atoms with E-state index in [4.69, 9.17) is 115 Å². The van der Waals surface area contributed by atoms with Crippen molar-refractivity contribution < 1.29 is 82.1 Å². The van der Waals surface area contributed by atoms with E-state index in [1.165, 1.54) is 26.4 Å². The predicted molar refractivity (Wildman–Crippen MR) is 598 cm³/mol. The summed E-state index contributed by atoms with van der Waals surface area (Å²) >= 11 is 30.2. The van der Waals surface area contributed by atoms with Crippen molar-refractivity contribution in [3.63, 3.8) is 0 Å². The Morgan fingerprint density at radius 2 is 0.836 bits per heavy atom. The standard InChI is InChI=1S/C25H44Cl2N4O2Si2.C25H45ClN4O3Si2.C24H29ClIN5O7.C24H30IN5O8/c1-12-17-18(33-35(10,11)25(5,6)7)13-19(32-17)31-15-16(14-26)20-21(27)28-23(29-22(20)31)30-34(8,9)24(2,3)4;1-12-17-18(33-35(10,11)25(5,6)7)13-19(32-17)30-14-16(15-31)20-21(26)27-23(28-22(20)30)29-34(8,9)24(2,3)4;1-24(2,3)20(12-5-16(36-4)13(26)6-14(12)31(34)35)37-10-11-8-30(18-7-15(33)17(9-32)38-18)22-19(11)21(25)28-23(27)29-22;1-24(2,3)20(12-5-16(36-4)13(25)6-14(12)30(34)35)37-10-11-8-29(18-7-15(32)17(9-31)38-18)21-19(11)22(33)28-23(26)27-21/h15,17-19H,12-14H2,1-11H3,(H,28,29,30);14,17-19,31H,12-13,15H2,1-11H3,(H,27,28,29);5-6,8,15,17-18,20,32-33H,7,9-10H2,1-4H3,(H2,27,28,29);5-6,8,15,17-18,20,31-32H,7,9-10H2,1-4H3,(H3,26,27,28,33)/t2*17-,18?,19-;2*15?,17-,18-,20-/m1111/s1. The molecule has 48 heteroatoms. The van der Waals surface area contributed by atoms with E-state index < -0.39 is 108 Å². The third kappa shape index (κ3) is 26.3. The number of benzene rings is 2. The molecule has 0 spiro atoms. The lowest BCUT2D eigenvalue weighted by molar-refractivity contribution is -0.386. The second-order valence-electron chi connectivity index (χ2n) is 46.2. The van der Waals surface area contributed by atoms with Crippen molar-refractivity contribution >= 4 is 204 Å². The van der Waals surface area contributed by atoms with E-state index in [9.17, 15) is 50.6 Å². The molecule has 4 saturated heterocycles. The molecule has 2 aromatic carbocycles. The Labute approximate surface area is 905 Å². The number of nitrogens with two attached hydrogens (primary N) is 2. The molecule has 8 aromatic heterocycles. The quantitative estimate of drug-likeness (QED) is 0.00499. The van der Waals surface area contributed by atoms with Gasteiger partial charge in [0.25, 0.3) is 16.9 Å². The maximum atomic E-state index is 12.9. The van der Waals surface area contributed by atoms with Crippen molar-refractivity contribution in [1.82, 2.24) is 58.1 Å². The number of aliphatic hydroxyl groups is 5. The summed E-state index contributed by atoms with van der Waals surface area (Å²) in [5.41, 5.74) is 15.3. The number of nitro benzene ring substituents is 2. The number of alkyl halides is 1. The Morgan fingerprint density at radius 3 is 1.17 bits per heavy atom. The van der Waals surface area contributed by atoms with E-state index in [0.717, 1.165) is 42.3 Å². The summed E-state index contributed by atoms with van der Waals surface area (Å²) in [4.78, 5) is 77.4. The van der Waals surface area contributed by atoms with Gasteiger partial charge in [0, 0.05) is 85.2 Å². The first-order valence-corrected chi connectivity index (χ1v) is 64.6. The molecule has 0 saturated carbocycles. The molecule has 0 amide bonds. The number of H-pyrrole nitrogens is 1. The van der Waals surface area contributed by atoms with Gasteiger partial charge < -0.3 is 112 Å². The first-order valence-electron chi connectivity index (χ1n) is 48.9. The fourth-order valence-electron chi connectivity index (χ4n) is 17.2. The molecule has 4 aliphatic rings. The van der Waals surface area contributed by atoms with Crippen LogP contribution in [-0.4, -0.2) is 203 Å². The predicted octanol–water partition coefficient (Wildman–Crippen LogP) is 22.3. The van der Waals surface area contributed by atoms with Crippen LogP contribution in [0.3, 0.4) is 0 Å². The van der Waals surface area contributed by atoms with Crippen LogP contribution in [0.1, 0.15) is 247 Å². The van der Waals surface area contributed by atoms with Crippen LogP contribution in [0, 0.1) is 38.2 Å². The number of rotatable bonds is 30. The van der Waals surface area contributed by atoms with Gasteiger partial charge in [-0.15, -0.1) is 11.6 Å². The summed E-state index contributed by atoms with van der Waals surface area (Å²) in [5.74, 6) is 2.26. The topological polar surface area (TPSA) is 499 Å². The van der Waals surface area contributed by atoms with Crippen molar-refractivity contribution in [2.45, 2.75) is 361 Å². The lowest BCUT2D eigenvalue weighted by Crippen LogP contribution is -2.46. The second kappa shape index (κ2) is 46.3. The van der Waals surface area contributed by atoms with E-state index in [1.807, 2.05) is 104 Å². The number of aliphatic hydroxyl groups excluding tert-OH is 5. The van der Waals surface area contributed by atoms with Gasteiger partial charge in [0.15, 0.2) is 38.8 Å². The smallest absolute Gasteiger partial charge is 0.276 e. The number of aromatic nitrogens is 12. The third-order valence-electron chi connectivity index (χ3n) is 29.5. The summed E-state index contributed by atoms with van der Waals surface area (Å²) in [6.07, 6.45) is 4.53. The van der Waals surface area contributed by atoms with E-state index in [-0.39, 0.29) is 142 Å². The zero-order valence-electron chi connectivity index (χ0n) is 89.3. The van der Waals surface area contributed by atoms with Gasteiger partial charge in [-0.1, -0.05) is 199 Å². The molecular formula is C98H148Cl4I2N18O20Si4. The number of methoxy groups -OCH3 is 2. The fraction of sp³-hybridized carbons (Fsp3) is 0.633. The maximum absolute atomic E-state index is 12.9. The largest absolute Gasteiger partial charge is 0.496 e. The van der Waals surface area contributed by atoms with Gasteiger partial charge in [0.2, 0.25) is 23.8 Å². The molecule has 4 unspecified atom stereocenters. The minimum Gasteiger partial charge on any atom is -0.496 e. The molecule has 4 aliphatic heterocycles. The summed E-state index contributed by atoms with van der Waals surface area (Å²) in [6.45, 7) is 60.2. The highest BCUT2D eigenvalue weighted by molar-refractivity contribution is 14.1. The zero-order chi connectivity index (χ0) is 109. The first-order chi connectivity index (χ1) is 67.5. The molecule has 12 N–H and O–H groups in total. The van der Waals surface area contributed by atoms with Crippen molar-refractivity contribution in [2.75, 3.05) is 48.9 Å². The Bertz CT molecular complexity index is 6250. The fourth-order valence-corrected chi connectivity index (χ4v) is 24.4. The van der Waals surface area contributed by atoms with Crippen molar-refractivity contribution in [3.8, 4) is 11.5 Å². The number of nitrogen functional groups attached to an aromatic ring is 2. The number of ether oxygens (including phenoxy) is 8. The molecular weight excluding hydrogens is 2260 g/mol. The molecule has 14 atom stereocenters. The highest BCUT2D eigenvalue weighted by Gasteiger charge is 2.50. The number of hydrogen-bond donors (Lipinski definition) is 10. The minimum atomic E-state index is -1.96. The molecule has 0 aliphatic carbocycles. The van der Waals surface area contributed by atoms with Gasteiger partial charge >= 0.3 is 0 Å². The molecule has 10 aromatic rings. The lowest BCUT2D eigenvalue weighted by Gasteiger charge is -2.39. The summed E-state index contributed by atoms with van der Waals surface area (Å²) in [5, 5.41) is 77.0. The average Bonchev–Trinajstić information content (AvgIpc) is 1.83. The number of nitrogens with zero attached hydrogens (tertiary/aromatic N) is 13. The van der Waals surface area contributed by atoms with Crippen molar-refractivity contribution in [3.05, 3.63) is 136 Å². The normalized spacial score (nSPS) is 21.4. The van der Waals surface area contributed by atoms with Crippen LogP contribution in [0.15, 0.2) is 53.8 Å². The first kappa shape index (κ1) is 120. The number of hydrogen-bond acceptors (Lipinski definition) is 31. The average molecular weight is 2410 g/mol. The van der Waals surface area contributed by atoms with Gasteiger partial charge in [-0.25, -0.2) is 15.0 Å². The minimum absolute atomic E-state index is 0.00257. The number of fused-ring (bicyclic) bond motifs is 4. The van der Waals surface area contributed by atoms with Crippen LogP contribution in [0.2, 0.25) is 88.0 Å². The summed E-state index contributed by atoms with van der Waals surface area (Å²) in [7, 11) is -4.71. The SMILES string of the molecule is CC[C@H]1O[C@@H](n2cc(CCl)c3c(Cl)nc(N[Si](C)(C)C(C)(C)C)nc32)CC1O[Si](C)(C)C(C)(C)C.CC[C@H]1O[C@@H](n2cc(CO)c3c(Cl)nc(N[Si](C)(C)C(C)(C)C)nc32)CC1O[Si](C)(C)C(C)(C)C.COc1cc([C@@H](OCc2cn([C@H]3CC(O)[C@@H](CO)O3)c3nc(N)[nH]c(=O)c23)C(C)(C)C)c([N+](=O)[O-])cc1I.COc1cc([C@@H](OCc2cn([C@H]3CC(O)[C@@H](CO)O3)c3nc(N)nc(Cl)c23)C(C)(C)C)c([N+](=O)[O-])cc1I. The van der Waals surface area contributed by atoms with Crippen LogP contribution in [0.4, 0.5) is 35.2 Å². The van der Waals surface area contributed by atoms with E-state index in [1.54, 1.807) is 33.7 Å². The molecule has 0 bridgehead atoms. The molecule has 14 rings (SSSR count). The monoisotopic (exact) mass is 2400 g/mol. The number of nitro groups is 2. The number of nitrogens with one attached hydrogen (secondary N) is 3. The van der Waals surface area contributed by atoms with Gasteiger partial charge in [-0.05, 0) is 133 Å². The molecule has 808 valence electrons. The van der Waals surface area contributed by atoms with Crippen molar-refractivity contribution in [2.24, 2.45) is 10.8 Å². The Kier molecular flexibility index (Phi) is 37.9. The highest BCUT2D eigenvalue weighted by Crippen LogP contribution is 2.52. The lowest BCUT2D eigenvalue weighted by atomic mass is 9.83. The van der Waals surface area contributed by atoms with Crippen LogP contribution in [0.25, 0.3) is 44.1 Å². The van der Waals surface area contributed by atoms with Gasteiger partial charge in [-0.2, -0.15) is 19.9 Å². The van der Waals surface area contributed by atoms with Gasteiger partial charge in [0.1, 0.15) is 81.0 Å². The second-order valence-corrected chi connectivity index (χ2v) is 69.3. The van der Waals surface area contributed by atoms with Crippen LogP contribution >= 0.6 is 91.6 Å². The van der Waals surface area contributed by atoms with Crippen LogP contribution in [-0.2, 0) is 63.0 Å². The number of anilines is 4. The third-order valence-corrected chi connectivity index (χ3v) is 50.5. The Balaban J connectivity index is 0.000000185. The summed E-state index contributed by atoms with van der Waals surface area (Å²) < 4.78 is 70.5. The van der Waals surface area contributed by atoms with Crippen LogP contribution < -0.4 is 36.5 Å². The molecule has 38 nitrogen and oxygen atoms in total. The van der Waals surface area contributed by atoms with E-state index in [0.29, 0.717) is 96.6 Å². The van der Waals surface area contributed by atoms with Crippen LogP contribution in [0.5, 0.6) is 11.5 Å². The molecule has 12 heterocycles. The van der Waals surface area contributed by atoms with Gasteiger partial charge in [0.05, 0.1) is 146 Å². The molecule has 0 radical (unpaired) electrons. The highest BCUT2D eigenvalue weighted by atomic mass is 127. The van der Waals surface area contributed by atoms with E-state index >= 15 is 0 Å². The van der Waals surface area contributed by atoms with E-state index in [2.05, 4.69) is 194 Å². The Hall–Kier alpha value is -6.71. The number of aromatic amines is 1. The zero-order valence-corrected chi connectivity index (χ0v) is 101. The maximum Gasteiger partial charge on any atom is 0.276 e. The number of halogens is 6. The van der Waals surface area contributed by atoms with Gasteiger partial charge in [-0.3, -0.25) is 30.0 Å². The molecule has 146 heavy (non-hydrogen) atoms. The van der Waals surface area contributed by atoms with Crippen molar-refractivity contribution in [1.29, 1.82) is 0 Å². The molecule has 4 fully saturated rings. The summed E-state index contributed by atoms with van der Waals surface area (Å²) in [6, 6.07) is 6.16. The Morgan fingerprint density at radius 1 is 0.500 bits per heavy atom.